The Hall–Kier alpha value is -1.58. The average Bonchev–Trinajstić information content (AvgIpc) is 2.30. The Kier molecular flexibility index (Phi) is 5.13. The maximum atomic E-state index is 12.7. The van der Waals surface area contributed by atoms with Crippen LogP contribution in [-0.4, -0.2) is 18.2 Å². The van der Waals surface area contributed by atoms with Crippen LogP contribution in [0.5, 0.6) is 5.75 Å². The predicted octanol–water partition coefficient (Wildman–Crippen LogP) is 3.18. The summed E-state index contributed by atoms with van der Waals surface area (Å²) < 4.78 is 23.4. The van der Waals surface area contributed by atoms with Gasteiger partial charge in [0.2, 0.25) is 0 Å². The highest BCUT2D eigenvalue weighted by molar-refractivity contribution is 5.72. The summed E-state index contributed by atoms with van der Waals surface area (Å²) in [6, 6.07) is 5.71. The lowest BCUT2D eigenvalue weighted by Crippen LogP contribution is -2.31. The highest BCUT2D eigenvalue weighted by Crippen LogP contribution is 2.17. The SMILES string of the molecule is CC(C)OC(=O)C(C)C(C)Oc1ccc(F)cc1. The van der Waals surface area contributed by atoms with Crippen molar-refractivity contribution in [3.05, 3.63) is 30.1 Å². The van der Waals surface area contributed by atoms with Crippen molar-refractivity contribution in [3.63, 3.8) is 0 Å². The van der Waals surface area contributed by atoms with Crippen molar-refractivity contribution in [2.24, 2.45) is 5.92 Å². The molecule has 0 aliphatic carbocycles. The second-order valence-electron chi connectivity index (χ2n) is 4.55. The van der Waals surface area contributed by atoms with E-state index < -0.39 is 0 Å². The van der Waals surface area contributed by atoms with E-state index in [1.807, 2.05) is 0 Å². The van der Waals surface area contributed by atoms with E-state index in [0.29, 0.717) is 5.75 Å². The van der Waals surface area contributed by atoms with Gasteiger partial charge in [0.15, 0.2) is 0 Å². The van der Waals surface area contributed by atoms with Crippen LogP contribution >= 0.6 is 0 Å². The molecule has 0 saturated carbocycles. The Morgan fingerprint density at radius 2 is 1.67 bits per heavy atom. The van der Waals surface area contributed by atoms with Crippen LogP contribution in [0.25, 0.3) is 0 Å². The van der Waals surface area contributed by atoms with Crippen LogP contribution in [0.3, 0.4) is 0 Å². The molecule has 100 valence electrons. The predicted molar refractivity (Wildman–Crippen MR) is 66.9 cm³/mol. The lowest BCUT2D eigenvalue weighted by atomic mass is 10.1. The molecule has 0 fully saturated rings. The molecule has 0 bridgehead atoms. The Morgan fingerprint density at radius 3 is 2.17 bits per heavy atom. The van der Waals surface area contributed by atoms with Crippen LogP contribution in [0.2, 0.25) is 0 Å². The summed E-state index contributed by atoms with van der Waals surface area (Å²) in [7, 11) is 0. The zero-order valence-corrected chi connectivity index (χ0v) is 11.1. The molecule has 0 saturated heterocycles. The van der Waals surface area contributed by atoms with Crippen LogP contribution in [0.4, 0.5) is 4.39 Å². The van der Waals surface area contributed by atoms with E-state index in [2.05, 4.69) is 0 Å². The first-order chi connectivity index (χ1) is 8.40. The molecule has 4 heteroatoms. The molecule has 0 aliphatic heterocycles. The van der Waals surface area contributed by atoms with Crippen molar-refractivity contribution in [2.45, 2.75) is 39.9 Å². The first kappa shape index (κ1) is 14.5. The average molecular weight is 254 g/mol. The number of esters is 1. The van der Waals surface area contributed by atoms with Gasteiger partial charge < -0.3 is 9.47 Å². The smallest absolute Gasteiger partial charge is 0.312 e. The third-order valence-corrected chi connectivity index (χ3v) is 2.56. The molecule has 1 aromatic rings. The normalized spacial score (nSPS) is 14.1. The number of hydrogen-bond acceptors (Lipinski definition) is 3. The number of benzene rings is 1. The molecule has 18 heavy (non-hydrogen) atoms. The van der Waals surface area contributed by atoms with Gasteiger partial charge in [-0.2, -0.15) is 0 Å². The molecule has 3 nitrogen and oxygen atoms in total. The van der Waals surface area contributed by atoms with Crippen molar-refractivity contribution in [3.8, 4) is 5.75 Å². The number of carbonyl (C=O) groups is 1. The van der Waals surface area contributed by atoms with Gasteiger partial charge in [-0.05, 0) is 52.0 Å². The van der Waals surface area contributed by atoms with Gasteiger partial charge >= 0.3 is 5.97 Å². The van der Waals surface area contributed by atoms with Crippen molar-refractivity contribution in [2.75, 3.05) is 0 Å². The monoisotopic (exact) mass is 254 g/mol. The molecule has 1 rings (SSSR count). The molecule has 0 spiro atoms. The summed E-state index contributed by atoms with van der Waals surface area (Å²) in [4.78, 5) is 11.7. The molecule has 2 atom stereocenters. The summed E-state index contributed by atoms with van der Waals surface area (Å²) in [5.74, 6) is -0.451. The molecule has 0 aromatic heterocycles. The lowest BCUT2D eigenvalue weighted by molar-refractivity contribution is -0.154. The highest BCUT2D eigenvalue weighted by atomic mass is 19.1. The molecule has 1 aromatic carbocycles. The Labute approximate surface area is 107 Å². The van der Waals surface area contributed by atoms with Crippen molar-refractivity contribution >= 4 is 5.97 Å². The van der Waals surface area contributed by atoms with Crippen LogP contribution in [0, 0.1) is 11.7 Å². The lowest BCUT2D eigenvalue weighted by Gasteiger charge is -2.21. The van der Waals surface area contributed by atoms with Gasteiger partial charge in [-0.25, -0.2) is 4.39 Å². The minimum absolute atomic E-state index is 0.141. The zero-order chi connectivity index (χ0) is 13.7. The third-order valence-electron chi connectivity index (χ3n) is 2.56. The fourth-order valence-corrected chi connectivity index (χ4v) is 1.36. The van der Waals surface area contributed by atoms with E-state index in [-0.39, 0.29) is 29.9 Å². The number of hydrogen-bond donors (Lipinski definition) is 0. The van der Waals surface area contributed by atoms with E-state index >= 15 is 0 Å². The second-order valence-corrected chi connectivity index (χ2v) is 4.55. The van der Waals surface area contributed by atoms with Crippen molar-refractivity contribution in [1.29, 1.82) is 0 Å². The molecule has 2 unspecified atom stereocenters. The Bertz CT molecular complexity index is 387. The summed E-state index contributed by atoms with van der Waals surface area (Å²) in [6.45, 7) is 7.14. The van der Waals surface area contributed by atoms with Gasteiger partial charge in [-0.1, -0.05) is 0 Å². The summed E-state index contributed by atoms with van der Waals surface area (Å²) >= 11 is 0. The van der Waals surface area contributed by atoms with Gasteiger partial charge in [-0.15, -0.1) is 0 Å². The van der Waals surface area contributed by atoms with Gasteiger partial charge in [0.05, 0.1) is 12.0 Å². The van der Waals surface area contributed by atoms with E-state index in [9.17, 15) is 9.18 Å². The second kappa shape index (κ2) is 6.38. The van der Waals surface area contributed by atoms with Crippen LogP contribution in [0.1, 0.15) is 27.7 Å². The first-order valence-corrected chi connectivity index (χ1v) is 6.03. The number of halogens is 1. The van der Waals surface area contributed by atoms with Crippen molar-refractivity contribution < 1.29 is 18.7 Å². The summed E-state index contributed by atoms with van der Waals surface area (Å²) in [5, 5.41) is 0. The minimum Gasteiger partial charge on any atom is -0.490 e. The molecule has 0 N–H and O–H groups in total. The maximum Gasteiger partial charge on any atom is 0.312 e. The molecule has 0 radical (unpaired) electrons. The molecule has 0 heterocycles. The van der Waals surface area contributed by atoms with E-state index in [1.54, 1.807) is 27.7 Å². The van der Waals surface area contributed by atoms with Crippen LogP contribution in [0.15, 0.2) is 24.3 Å². The van der Waals surface area contributed by atoms with Gasteiger partial charge in [-0.3, -0.25) is 4.79 Å². The van der Waals surface area contributed by atoms with Gasteiger partial charge in [0.1, 0.15) is 17.7 Å². The zero-order valence-electron chi connectivity index (χ0n) is 11.1. The number of rotatable bonds is 5. The largest absolute Gasteiger partial charge is 0.490 e. The van der Waals surface area contributed by atoms with Gasteiger partial charge in [0.25, 0.3) is 0 Å². The van der Waals surface area contributed by atoms with Gasteiger partial charge in [0, 0.05) is 0 Å². The van der Waals surface area contributed by atoms with E-state index in [4.69, 9.17) is 9.47 Å². The number of carbonyl (C=O) groups excluding carboxylic acids is 1. The minimum atomic E-state index is -0.377. The maximum absolute atomic E-state index is 12.7. The van der Waals surface area contributed by atoms with E-state index in [1.165, 1.54) is 24.3 Å². The quantitative estimate of drug-likeness (QED) is 0.757. The highest BCUT2D eigenvalue weighted by Gasteiger charge is 2.24. The van der Waals surface area contributed by atoms with Crippen LogP contribution < -0.4 is 4.74 Å². The fourth-order valence-electron chi connectivity index (χ4n) is 1.36. The fraction of sp³-hybridized carbons (Fsp3) is 0.500. The molecule has 0 aliphatic rings. The number of ether oxygens (including phenoxy) is 2. The van der Waals surface area contributed by atoms with E-state index in [0.717, 1.165) is 0 Å². The molecule has 0 amide bonds. The topological polar surface area (TPSA) is 35.5 Å². The Morgan fingerprint density at radius 1 is 1.11 bits per heavy atom. The van der Waals surface area contributed by atoms with Crippen LogP contribution in [-0.2, 0) is 9.53 Å². The summed E-state index contributed by atoms with van der Waals surface area (Å²) in [6.07, 6.45) is -0.473. The molecular formula is C14H19FO3. The standard InChI is InChI=1S/C14H19FO3/c1-9(2)17-14(16)10(3)11(4)18-13-7-5-12(15)6-8-13/h5-11H,1-4H3. The Balaban J connectivity index is 2.56. The van der Waals surface area contributed by atoms with Crippen molar-refractivity contribution in [1.82, 2.24) is 0 Å². The molecular weight excluding hydrogens is 235 g/mol. The summed E-state index contributed by atoms with van der Waals surface area (Å²) in [5.41, 5.74) is 0. The first-order valence-electron chi connectivity index (χ1n) is 6.03. The third kappa shape index (κ3) is 4.35.